The van der Waals surface area contributed by atoms with Gasteiger partial charge < -0.3 is 17.1 Å². The Morgan fingerprint density at radius 2 is 1.36 bits per heavy atom. The lowest BCUT2D eigenvalue weighted by Crippen LogP contribution is -2.12. The summed E-state index contributed by atoms with van der Waals surface area (Å²) in [7, 11) is 3.29. The zero-order valence-corrected chi connectivity index (χ0v) is 8.19. The van der Waals surface area contributed by atoms with E-state index >= 15 is 0 Å². The van der Waals surface area contributed by atoms with Gasteiger partial charge in [0.15, 0.2) is 0 Å². The molecule has 0 fully saturated rings. The number of hydrogen-bond acceptors (Lipinski definition) is 4. The van der Waals surface area contributed by atoms with E-state index in [0.29, 0.717) is 26.4 Å². The summed E-state index contributed by atoms with van der Waals surface area (Å²) in [5, 5.41) is 0. The summed E-state index contributed by atoms with van der Waals surface area (Å²) >= 11 is -0.349. The first kappa shape index (κ1) is 11.4. The van der Waals surface area contributed by atoms with Gasteiger partial charge in [0.05, 0.1) is 13.2 Å². The Hall–Kier alpha value is 0.372. The molecule has 0 aliphatic heterocycles. The van der Waals surface area contributed by atoms with Crippen LogP contribution in [0.5, 0.6) is 0 Å². The van der Waals surface area contributed by atoms with Crippen molar-refractivity contribution in [3.63, 3.8) is 0 Å². The molecule has 4 nitrogen and oxygen atoms in total. The number of rotatable bonds is 8. The monoisotopic (exact) mass is 179 g/mol. The first-order valence-corrected chi connectivity index (χ1v) is 4.39. The summed E-state index contributed by atoms with van der Waals surface area (Å²) < 4.78 is 19.8. The van der Waals surface area contributed by atoms with Crippen molar-refractivity contribution in [1.82, 2.24) is 0 Å². The van der Waals surface area contributed by atoms with Gasteiger partial charge in [-0.25, -0.2) is 0 Å². The fourth-order valence-electron chi connectivity index (χ4n) is 0.407. The van der Waals surface area contributed by atoms with Gasteiger partial charge in [0.1, 0.15) is 0 Å². The fourth-order valence-corrected chi connectivity index (χ4v) is 0.888. The van der Waals surface area contributed by atoms with Crippen molar-refractivity contribution in [2.24, 2.45) is 0 Å². The molecule has 0 aliphatic rings. The van der Waals surface area contributed by atoms with Crippen LogP contribution in [0.4, 0.5) is 0 Å². The summed E-state index contributed by atoms with van der Waals surface area (Å²) in [6.45, 7) is 2.47. The van der Waals surface area contributed by atoms with E-state index in [-0.39, 0.29) is 17.3 Å². The highest BCUT2D eigenvalue weighted by Gasteiger charge is 1.95. The molecule has 0 saturated heterocycles. The molecule has 0 saturated carbocycles. The molecule has 0 bridgehead atoms. The van der Waals surface area contributed by atoms with Crippen molar-refractivity contribution in [3.8, 4) is 0 Å². The Kier molecular flexibility index (Phi) is 10.7. The number of hydrogen-bond donors (Lipinski definition) is 0. The summed E-state index contributed by atoms with van der Waals surface area (Å²) in [4.78, 5) is 0. The lowest BCUT2D eigenvalue weighted by Gasteiger charge is -2.02. The quantitative estimate of drug-likeness (QED) is 0.391. The van der Waals surface area contributed by atoms with E-state index in [1.54, 1.807) is 14.2 Å². The maximum absolute atomic E-state index is 5.10. The third kappa shape index (κ3) is 10.4. The predicted molar refractivity (Wildman–Crippen MR) is 43.5 cm³/mol. The highest BCUT2D eigenvalue weighted by Crippen LogP contribution is 1.76. The molecule has 5 heteroatoms. The van der Waals surface area contributed by atoms with Crippen LogP contribution in [-0.2, 0) is 17.1 Å². The van der Waals surface area contributed by atoms with E-state index in [4.69, 9.17) is 17.1 Å². The molecule has 0 aromatic carbocycles. The van der Waals surface area contributed by atoms with E-state index in [1.165, 1.54) is 0 Å². The van der Waals surface area contributed by atoms with Crippen molar-refractivity contribution in [2.75, 3.05) is 40.6 Å². The second kappa shape index (κ2) is 10.4. The van der Waals surface area contributed by atoms with Crippen molar-refractivity contribution in [1.29, 1.82) is 0 Å². The average molecular weight is 179 g/mol. The molecule has 67 valence electrons. The van der Waals surface area contributed by atoms with E-state index in [1.807, 2.05) is 0 Å². The minimum Gasteiger partial charge on any atom is -0.482 e. The van der Waals surface area contributed by atoms with Crippen LogP contribution in [0.15, 0.2) is 0 Å². The van der Waals surface area contributed by atoms with Gasteiger partial charge >= 0.3 is 15.9 Å². The van der Waals surface area contributed by atoms with Gasteiger partial charge in [-0.3, -0.25) is 0 Å². The lowest BCUT2D eigenvalue weighted by molar-refractivity contribution is 0.110. The normalized spacial score (nSPS) is 10.0. The van der Waals surface area contributed by atoms with Crippen LogP contribution in [0.3, 0.4) is 0 Å². The summed E-state index contributed by atoms with van der Waals surface area (Å²) in [5.74, 6) is 0. The Bertz CT molecular complexity index is 68.6. The van der Waals surface area contributed by atoms with Crippen molar-refractivity contribution >= 4 is 15.9 Å². The topological polar surface area (TPSA) is 36.9 Å². The van der Waals surface area contributed by atoms with Crippen LogP contribution in [-0.4, -0.2) is 56.5 Å². The molecule has 0 spiro atoms. The van der Waals surface area contributed by atoms with Gasteiger partial charge in [-0.2, -0.15) is 0 Å². The van der Waals surface area contributed by atoms with Crippen LogP contribution < -0.4 is 0 Å². The Morgan fingerprint density at radius 3 is 1.73 bits per heavy atom. The zero-order valence-electron chi connectivity index (χ0n) is 7.04. The number of ether oxygens (including phenoxy) is 2. The SMILES string of the molecule is COCC[O][Al][O]CCOC.[HH]. The third-order valence-corrected chi connectivity index (χ3v) is 1.69. The molecule has 0 amide bonds. The molecule has 0 aromatic heterocycles. The molecule has 0 unspecified atom stereocenters. The first-order valence-electron chi connectivity index (χ1n) is 3.44. The van der Waals surface area contributed by atoms with Crippen molar-refractivity contribution in [3.05, 3.63) is 0 Å². The second-order valence-corrected chi connectivity index (χ2v) is 2.68. The van der Waals surface area contributed by atoms with E-state index in [2.05, 4.69) is 0 Å². The largest absolute Gasteiger partial charge is 0.668 e. The molecule has 0 rings (SSSR count). The van der Waals surface area contributed by atoms with E-state index < -0.39 is 0 Å². The maximum atomic E-state index is 5.10. The third-order valence-electron chi connectivity index (χ3n) is 0.947. The first-order chi connectivity index (χ1) is 5.41. The van der Waals surface area contributed by atoms with Crippen LogP contribution in [0.2, 0.25) is 0 Å². The van der Waals surface area contributed by atoms with Crippen molar-refractivity contribution in [2.45, 2.75) is 0 Å². The van der Waals surface area contributed by atoms with Crippen LogP contribution >= 0.6 is 0 Å². The highest BCUT2D eigenvalue weighted by molar-refractivity contribution is 6.17. The molecular formula is C6H16AlO4. The van der Waals surface area contributed by atoms with Gasteiger partial charge in [-0.1, -0.05) is 0 Å². The minimum absolute atomic E-state index is 0. The average Bonchev–Trinajstić information content (AvgIpc) is 2.03. The minimum atomic E-state index is -0.349. The predicted octanol–water partition coefficient (Wildman–Crippen LogP) is 0.0926. The molecule has 0 aromatic rings. The molecule has 1 radical (unpaired) electrons. The van der Waals surface area contributed by atoms with E-state index in [0.717, 1.165) is 0 Å². The van der Waals surface area contributed by atoms with Gasteiger partial charge in [-0.05, 0) is 0 Å². The van der Waals surface area contributed by atoms with Gasteiger partial charge in [0.2, 0.25) is 0 Å². The molecule has 0 atom stereocenters. The van der Waals surface area contributed by atoms with Crippen LogP contribution in [0, 0.1) is 0 Å². The lowest BCUT2D eigenvalue weighted by atomic mass is 10.8. The molecular weight excluding hydrogens is 163 g/mol. The molecule has 0 N–H and O–H groups in total. The van der Waals surface area contributed by atoms with Gasteiger partial charge in [-0.15, -0.1) is 0 Å². The number of methoxy groups -OCH3 is 2. The molecule has 11 heavy (non-hydrogen) atoms. The highest BCUT2D eigenvalue weighted by atomic mass is 27.2. The molecule has 0 aliphatic carbocycles. The Morgan fingerprint density at radius 1 is 0.909 bits per heavy atom. The van der Waals surface area contributed by atoms with Gasteiger partial charge in [0, 0.05) is 28.9 Å². The molecule has 0 heterocycles. The van der Waals surface area contributed by atoms with Gasteiger partial charge in [0.25, 0.3) is 0 Å². The van der Waals surface area contributed by atoms with E-state index in [9.17, 15) is 0 Å². The van der Waals surface area contributed by atoms with Crippen LogP contribution in [0.1, 0.15) is 1.43 Å². The summed E-state index contributed by atoms with van der Waals surface area (Å²) in [5.41, 5.74) is 0. The fraction of sp³-hybridized carbons (Fsp3) is 1.00. The standard InChI is InChI=1S/2C3H7O2.Al.H2/c2*1-5-3-2-4;;/h2*2-3H2,1H3;;1H/q2*-1;+2;. The van der Waals surface area contributed by atoms with Crippen molar-refractivity contribution < 1.29 is 18.5 Å². The maximum Gasteiger partial charge on any atom is 0.668 e. The second-order valence-electron chi connectivity index (χ2n) is 1.82. The smallest absolute Gasteiger partial charge is 0.482 e. The summed E-state index contributed by atoms with van der Waals surface area (Å²) in [6, 6.07) is 0. The zero-order chi connectivity index (χ0) is 8.36. The Labute approximate surface area is 75.6 Å². The van der Waals surface area contributed by atoms with Crippen LogP contribution in [0.25, 0.3) is 0 Å². The Balaban J connectivity index is 0. The summed E-state index contributed by atoms with van der Waals surface area (Å²) in [6.07, 6.45) is 0.